The quantitative estimate of drug-likeness (QED) is 0.787. The van der Waals surface area contributed by atoms with Gasteiger partial charge in [0.15, 0.2) is 0 Å². The van der Waals surface area contributed by atoms with E-state index >= 15 is 0 Å². The van der Waals surface area contributed by atoms with Crippen molar-refractivity contribution in [1.82, 2.24) is 25.1 Å². The lowest BCUT2D eigenvalue weighted by atomic mass is 9.87. The smallest absolute Gasteiger partial charge is 0.303 e. The first kappa shape index (κ1) is 18.8. The van der Waals surface area contributed by atoms with Crippen LogP contribution in [0.5, 0.6) is 0 Å². The molecule has 2 aliphatic rings. The Kier molecular flexibility index (Phi) is 5.82. The Morgan fingerprint density at radius 1 is 1.18 bits per heavy atom. The Bertz CT molecular complexity index is 777. The first-order valence-electron chi connectivity index (χ1n) is 9.84. The second-order valence-corrected chi connectivity index (χ2v) is 7.37. The van der Waals surface area contributed by atoms with Crippen LogP contribution >= 0.6 is 0 Å². The number of anilines is 1. The molecule has 0 radical (unpaired) electrons. The number of hydrogen-bond acceptors (Lipinski definition) is 7. The summed E-state index contributed by atoms with van der Waals surface area (Å²) in [6, 6.07) is 10.2. The van der Waals surface area contributed by atoms with Crippen LogP contribution < -0.4 is 4.90 Å². The van der Waals surface area contributed by atoms with Crippen LogP contribution in [0.25, 0.3) is 5.69 Å². The Balaban J connectivity index is 1.53. The highest BCUT2D eigenvalue weighted by molar-refractivity contribution is 5.66. The van der Waals surface area contributed by atoms with E-state index in [4.69, 9.17) is 4.74 Å². The number of carbonyl (C=O) groups is 1. The highest BCUT2D eigenvalue weighted by atomic mass is 16.5. The summed E-state index contributed by atoms with van der Waals surface area (Å²) in [7, 11) is 0. The number of tetrazole rings is 1. The van der Waals surface area contributed by atoms with Gasteiger partial charge >= 0.3 is 5.97 Å². The van der Waals surface area contributed by atoms with E-state index in [0.29, 0.717) is 18.4 Å². The topological polar surface area (TPSA) is 96.6 Å². The number of morpholine rings is 1. The predicted octanol–water partition coefficient (Wildman–Crippen LogP) is 1.05. The Morgan fingerprint density at radius 2 is 1.96 bits per heavy atom. The van der Waals surface area contributed by atoms with Crippen LogP contribution in [0.4, 0.5) is 5.95 Å². The third-order valence-electron chi connectivity index (χ3n) is 5.67. The van der Waals surface area contributed by atoms with Gasteiger partial charge in [-0.25, -0.2) is 0 Å². The van der Waals surface area contributed by atoms with E-state index in [1.807, 2.05) is 30.3 Å². The number of ether oxygens (including phenoxy) is 1. The standard InChI is InChI=1S/C19H26N6O3/c26-18(27)7-6-15-14-24(9-8-17(15)23-10-12-28-13-11-23)19-20-21-22-25(19)16-4-2-1-3-5-16/h1-5,15,17H,6-14H2,(H,26,27)/t15-,17+/m1/s1. The van der Waals surface area contributed by atoms with Gasteiger partial charge in [0.2, 0.25) is 5.95 Å². The van der Waals surface area contributed by atoms with Gasteiger partial charge in [-0.15, -0.1) is 0 Å². The SMILES string of the molecule is O=C(O)CC[C@@H]1CN(c2nnnn2-c2ccccc2)CC[C@@H]1N1CCOCC1. The van der Waals surface area contributed by atoms with Crippen LogP contribution in [-0.2, 0) is 9.53 Å². The van der Waals surface area contributed by atoms with E-state index in [0.717, 1.165) is 51.5 Å². The molecule has 0 aliphatic carbocycles. The summed E-state index contributed by atoms with van der Waals surface area (Å²) >= 11 is 0. The van der Waals surface area contributed by atoms with Gasteiger partial charge in [0.25, 0.3) is 0 Å². The summed E-state index contributed by atoms with van der Waals surface area (Å²) in [5.41, 5.74) is 0.917. The number of para-hydroxylation sites is 1. The molecule has 0 spiro atoms. The fourth-order valence-corrected chi connectivity index (χ4v) is 4.30. The lowest BCUT2D eigenvalue weighted by Gasteiger charge is -2.45. The number of carboxylic acid groups (broad SMARTS) is 1. The monoisotopic (exact) mass is 386 g/mol. The van der Waals surface area contributed by atoms with Crippen LogP contribution in [0, 0.1) is 5.92 Å². The third kappa shape index (κ3) is 4.15. The van der Waals surface area contributed by atoms with Crippen molar-refractivity contribution in [3.8, 4) is 5.69 Å². The molecule has 2 saturated heterocycles. The van der Waals surface area contributed by atoms with Gasteiger partial charge in [0, 0.05) is 38.6 Å². The molecule has 1 aromatic carbocycles. The molecule has 0 saturated carbocycles. The second-order valence-electron chi connectivity index (χ2n) is 7.37. The van der Waals surface area contributed by atoms with Gasteiger partial charge in [-0.2, -0.15) is 4.68 Å². The zero-order valence-corrected chi connectivity index (χ0v) is 15.9. The van der Waals surface area contributed by atoms with Gasteiger partial charge in [-0.1, -0.05) is 23.3 Å². The van der Waals surface area contributed by atoms with E-state index in [1.165, 1.54) is 0 Å². The molecule has 4 rings (SSSR count). The van der Waals surface area contributed by atoms with Crippen molar-refractivity contribution in [3.63, 3.8) is 0 Å². The average Bonchev–Trinajstić information content (AvgIpc) is 3.23. The first-order chi connectivity index (χ1) is 13.7. The third-order valence-corrected chi connectivity index (χ3v) is 5.67. The van der Waals surface area contributed by atoms with E-state index in [2.05, 4.69) is 25.3 Å². The maximum atomic E-state index is 11.2. The minimum absolute atomic E-state index is 0.184. The van der Waals surface area contributed by atoms with Crippen LogP contribution in [0.2, 0.25) is 0 Å². The van der Waals surface area contributed by atoms with E-state index in [-0.39, 0.29) is 12.3 Å². The van der Waals surface area contributed by atoms with Crippen molar-refractivity contribution in [2.75, 3.05) is 44.3 Å². The molecule has 1 N–H and O–H groups in total. The van der Waals surface area contributed by atoms with Crippen molar-refractivity contribution in [3.05, 3.63) is 30.3 Å². The summed E-state index contributed by atoms with van der Waals surface area (Å²) < 4.78 is 7.25. The van der Waals surface area contributed by atoms with Gasteiger partial charge < -0.3 is 14.7 Å². The van der Waals surface area contributed by atoms with E-state index in [9.17, 15) is 9.90 Å². The van der Waals surface area contributed by atoms with Gasteiger partial charge in [-0.3, -0.25) is 9.69 Å². The first-order valence-corrected chi connectivity index (χ1v) is 9.84. The lowest BCUT2D eigenvalue weighted by Crippen LogP contribution is -2.54. The zero-order chi connectivity index (χ0) is 19.3. The van der Waals surface area contributed by atoms with Crippen LogP contribution in [0.1, 0.15) is 19.3 Å². The number of carboxylic acids is 1. The fraction of sp³-hybridized carbons (Fsp3) is 0.579. The fourth-order valence-electron chi connectivity index (χ4n) is 4.30. The number of aromatic nitrogens is 4. The molecule has 2 aliphatic heterocycles. The van der Waals surface area contributed by atoms with E-state index in [1.54, 1.807) is 4.68 Å². The maximum Gasteiger partial charge on any atom is 0.303 e. The molecule has 9 nitrogen and oxygen atoms in total. The maximum absolute atomic E-state index is 11.2. The average molecular weight is 386 g/mol. The molecule has 28 heavy (non-hydrogen) atoms. The normalized spacial score (nSPS) is 23.6. The number of hydrogen-bond donors (Lipinski definition) is 1. The summed E-state index contributed by atoms with van der Waals surface area (Å²) in [4.78, 5) is 15.8. The second kappa shape index (κ2) is 8.66. The van der Waals surface area contributed by atoms with Crippen molar-refractivity contribution >= 4 is 11.9 Å². The Labute approximate surface area is 163 Å². The Morgan fingerprint density at radius 3 is 2.71 bits per heavy atom. The summed E-state index contributed by atoms with van der Waals surface area (Å²) in [5.74, 6) is 0.225. The van der Waals surface area contributed by atoms with Gasteiger partial charge in [0.05, 0.1) is 18.9 Å². The molecule has 150 valence electrons. The molecule has 2 aromatic rings. The molecule has 0 amide bonds. The van der Waals surface area contributed by atoms with Crippen molar-refractivity contribution < 1.29 is 14.6 Å². The van der Waals surface area contributed by atoms with Crippen molar-refractivity contribution in [1.29, 1.82) is 0 Å². The summed E-state index contributed by atoms with van der Waals surface area (Å²) in [6.45, 7) is 4.92. The highest BCUT2D eigenvalue weighted by Crippen LogP contribution is 2.29. The molecule has 0 bridgehead atoms. The molecule has 0 unspecified atom stereocenters. The zero-order valence-electron chi connectivity index (χ0n) is 15.9. The van der Waals surface area contributed by atoms with E-state index < -0.39 is 5.97 Å². The minimum Gasteiger partial charge on any atom is -0.481 e. The van der Waals surface area contributed by atoms with Gasteiger partial charge in [-0.05, 0) is 41.3 Å². The number of aliphatic carboxylic acids is 1. The highest BCUT2D eigenvalue weighted by Gasteiger charge is 2.35. The summed E-state index contributed by atoms with van der Waals surface area (Å²) in [5, 5.41) is 21.5. The Hall–Kier alpha value is -2.52. The largest absolute Gasteiger partial charge is 0.481 e. The summed E-state index contributed by atoms with van der Waals surface area (Å²) in [6.07, 6.45) is 1.80. The van der Waals surface area contributed by atoms with Gasteiger partial charge in [0.1, 0.15) is 0 Å². The molecular weight excluding hydrogens is 360 g/mol. The molecule has 1 aromatic heterocycles. The van der Waals surface area contributed by atoms with Crippen LogP contribution in [-0.4, -0.2) is 81.6 Å². The van der Waals surface area contributed by atoms with Crippen LogP contribution in [0.3, 0.4) is 0 Å². The molecule has 2 fully saturated rings. The molecule has 9 heteroatoms. The van der Waals surface area contributed by atoms with Crippen molar-refractivity contribution in [2.45, 2.75) is 25.3 Å². The number of benzene rings is 1. The number of nitrogens with zero attached hydrogens (tertiary/aromatic N) is 6. The minimum atomic E-state index is -0.744. The number of rotatable bonds is 6. The predicted molar refractivity (Wildman–Crippen MR) is 103 cm³/mol. The molecular formula is C19H26N6O3. The van der Waals surface area contributed by atoms with Crippen LogP contribution in [0.15, 0.2) is 30.3 Å². The lowest BCUT2D eigenvalue weighted by molar-refractivity contribution is -0.137. The number of piperidine rings is 1. The molecule has 3 heterocycles. The van der Waals surface area contributed by atoms with Crippen molar-refractivity contribution in [2.24, 2.45) is 5.92 Å². The molecule has 2 atom stereocenters.